The summed E-state index contributed by atoms with van der Waals surface area (Å²) < 4.78 is 20.8. The number of carbonyl (C=O) groups is 1. The molecule has 0 aliphatic rings. The topological polar surface area (TPSA) is 55.6 Å². The van der Waals surface area contributed by atoms with Crippen molar-refractivity contribution in [3.8, 4) is 5.75 Å². The first-order valence-corrected chi connectivity index (χ1v) is 7.30. The Balaban J connectivity index is 1.72. The molecule has 0 aliphatic carbocycles. The van der Waals surface area contributed by atoms with E-state index in [1.165, 1.54) is 12.1 Å². The van der Waals surface area contributed by atoms with Crippen LogP contribution in [0, 0.1) is 5.82 Å². The van der Waals surface area contributed by atoms with Crippen molar-refractivity contribution in [1.82, 2.24) is 9.38 Å². The first-order chi connectivity index (χ1) is 11.2. The quantitative estimate of drug-likeness (QED) is 0.787. The number of carbonyl (C=O) groups excluding carboxylic acids is 1. The number of hydrogen-bond donors (Lipinski definition) is 1. The highest BCUT2D eigenvalue weighted by Gasteiger charge is 2.10. The lowest BCUT2D eigenvalue weighted by molar-refractivity contribution is -0.115. The van der Waals surface area contributed by atoms with Gasteiger partial charge in [0.25, 0.3) is 0 Å². The van der Waals surface area contributed by atoms with Gasteiger partial charge in [-0.1, -0.05) is 6.07 Å². The zero-order valence-corrected chi connectivity index (χ0v) is 12.6. The van der Waals surface area contributed by atoms with Crippen LogP contribution in [0.3, 0.4) is 0 Å². The fourth-order valence-electron chi connectivity index (χ4n) is 2.37. The van der Waals surface area contributed by atoms with E-state index in [1.54, 1.807) is 25.4 Å². The lowest BCUT2D eigenvalue weighted by Crippen LogP contribution is -2.16. The molecule has 2 heterocycles. The van der Waals surface area contributed by atoms with E-state index in [0.29, 0.717) is 12.3 Å². The Morgan fingerprint density at radius 3 is 3.00 bits per heavy atom. The zero-order chi connectivity index (χ0) is 16.2. The van der Waals surface area contributed by atoms with Crippen molar-refractivity contribution in [1.29, 1.82) is 0 Å². The number of halogens is 1. The molecule has 1 aromatic carbocycles. The number of hydrogen-bond acceptors (Lipinski definition) is 3. The normalized spacial score (nSPS) is 10.7. The number of amides is 1. The molecule has 0 fully saturated rings. The molecular weight excluding hydrogens is 297 g/mol. The van der Waals surface area contributed by atoms with Crippen molar-refractivity contribution >= 4 is 17.2 Å². The number of benzene rings is 1. The molecule has 0 atom stereocenters. The minimum atomic E-state index is -0.499. The van der Waals surface area contributed by atoms with E-state index < -0.39 is 5.82 Å². The summed E-state index contributed by atoms with van der Waals surface area (Å²) in [6.07, 6.45) is 3.65. The molecule has 118 valence electrons. The Bertz CT molecular complexity index is 845. The van der Waals surface area contributed by atoms with Crippen molar-refractivity contribution in [2.24, 2.45) is 0 Å². The lowest BCUT2D eigenvalue weighted by Gasteiger charge is -2.09. The van der Waals surface area contributed by atoms with Gasteiger partial charge in [0, 0.05) is 29.8 Å². The summed E-state index contributed by atoms with van der Waals surface area (Å²) in [6, 6.07) is 9.94. The number of rotatable bonds is 5. The van der Waals surface area contributed by atoms with Crippen molar-refractivity contribution < 1.29 is 13.9 Å². The molecule has 1 amide bonds. The van der Waals surface area contributed by atoms with E-state index in [2.05, 4.69) is 10.3 Å². The van der Waals surface area contributed by atoms with Gasteiger partial charge in [-0.2, -0.15) is 0 Å². The number of aromatic nitrogens is 2. The highest BCUT2D eigenvalue weighted by atomic mass is 19.1. The second-order valence-electron chi connectivity index (χ2n) is 4.98. The number of anilines is 1. The molecule has 3 rings (SSSR count). The molecule has 0 bridgehead atoms. The van der Waals surface area contributed by atoms with Crippen LogP contribution >= 0.6 is 0 Å². The second-order valence-corrected chi connectivity index (χ2v) is 4.98. The predicted octanol–water partition coefficient (Wildman–Crippen LogP) is 3.05. The van der Waals surface area contributed by atoms with Crippen molar-refractivity contribution in [2.45, 2.75) is 13.3 Å². The van der Waals surface area contributed by atoms with E-state index in [9.17, 15) is 9.18 Å². The average Bonchev–Trinajstić information content (AvgIpc) is 3.00. The van der Waals surface area contributed by atoms with Crippen molar-refractivity contribution in [2.75, 3.05) is 11.9 Å². The molecule has 0 radical (unpaired) electrons. The molecule has 0 saturated heterocycles. The minimum absolute atomic E-state index is 0.169. The highest BCUT2D eigenvalue weighted by molar-refractivity contribution is 5.92. The molecule has 0 saturated carbocycles. The fraction of sp³-hybridized carbons (Fsp3) is 0.176. The van der Waals surface area contributed by atoms with Crippen LogP contribution in [0.2, 0.25) is 0 Å². The van der Waals surface area contributed by atoms with Crippen molar-refractivity contribution in [3.05, 3.63) is 60.3 Å². The van der Waals surface area contributed by atoms with Gasteiger partial charge in [-0.3, -0.25) is 4.79 Å². The molecule has 3 aromatic rings. The van der Waals surface area contributed by atoms with Crippen LogP contribution in [0.5, 0.6) is 5.75 Å². The third kappa shape index (κ3) is 3.31. The van der Waals surface area contributed by atoms with Crippen LogP contribution < -0.4 is 10.1 Å². The molecular formula is C17H16FN3O2. The molecule has 23 heavy (non-hydrogen) atoms. The van der Waals surface area contributed by atoms with Crippen LogP contribution in [0.15, 0.2) is 48.8 Å². The van der Waals surface area contributed by atoms with Gasteiger partial charge < -0.3 is 14.5 Å². The van der Waals surface area contributed by atoms with Gasteiger partial charge in [0.2, 0.25) is 5.91 Å². The van der Waals surface area contributed by atoms with Gasteiger partial charge >= 0.3 is 0 Å². The van der Waals surface area contributed by atoms with E-state index in [1.807, 2.05) is 22.6 Å². The Kier molecular flexibility index (Phi) is 4.23. The second kappa shape index (κ2) is 6.48. The number of ether oxygens (including phenoxy) is 1. The Morgan fingerprint density at radius 2 is 2.22 bits per heavy atom. The van der Waals surface area contributed by atoms with Crippen molar-refractivity contribution in [3.63, 3.8) is 0 Å². The Labute approximate surface area is 132 Å². The van der Waals surface area contributed by atoms with Gasteiger partial charge in [-0.15, -0.1) is 0 Å². The molecule has 2 aromatic heterocycles. The van der Waals surface area contributed by atoms with E-state index in [4.69, 9.17) is 4.74 Å². The smallest absolute Gasteiger partial charge is 0.230 e. The summed E-state index contributed by atoms with van der Waals surface area (Å²) >= 11 is 0. The van der Waals surface area contributed by atoms with Crippen LogP contribution in [-0.2, 0) is 11.2 Å². The lowest BCUT2D eigenvalue weighted by atomic mass is 10.2. The summed E-state index contributed by atoms with van der Waals surface area (Å²) in [5.41, 5.74) is 1.99. The predicted molar refractivity (Wildman–Crippen MR) is 85.1 cm³/mol. The Hall–Kier alpha value is -2.89. The van der Waals surface area contributed by atoms with E-state index in [-0.39, 0.29) is 18.1 Å². The molecule has 1 N–H and O–H groups in total. The minimum Gasteiger partial charge on any atom is -0.491 e. The summed E-state index contributed by atoms with van der Waals surface area (Å²) in [6.45, 7) is 2.17. The maximum absolute atomic E-state index is 13.8. The van der Waals surface area contributed by atoms with Gasteiger partial charge in [0.1, 0.15) is 5.65 Å². The summed E-state index contributed by atoms with van der Waals surface area (Å²) in [4.78, 5) is 16.3. The first kappa shape index (κ1) is 15.0. The largest absolute Gasteiger partial charge is 0.491 e. The van der Waals surface area contributed by atoms with Crippen LogP contribution in [0.4, 0.5) is 10.1 Å². The number of imidazole rings is 1. The van der Waals surface area contributed by atoms with E-state index >= 15 is 0 Å². The van der Waals surface area contributed by atoms with Gasteiger partial charge in [0.05, 0.1) is 13.0 Å². The van der Waals surface area contributed by atoms with Crippen LogP contribution in [-0.4, -0.2) is 21.9 Å². The van der Waals surface area contributed by atoms with Gasteiger partial charge in [-0.05, 0) is 31.2 Å². The van der Waals surface area contributed by atoms with E-state index in [0.717, 1.165) is 11.3 Å². The average molecular weight is 313 g/mol. The maximum Gasteiger partial charge on any atom is 0.230 e. The number of pyridine rings is 1. The SMILES string of the molecule is CCOc1ccc(NC(=O)Cc2cccc3nccn23)cc1F. The fourth-order valence-corrected chi connectivity index (χ4v) is 2.37. The standard InChI is InChI=1S/C17H16FN3O2/c1-2-23-15-7-6-12(10-14(15)18)20-17(22)11-13-4-3-5-16-19-8-9-21(13)16/h3-10H,2,11H2,1H3,(H,20,22). The monoisotopic (exact) mass is 313 g/mol. The molecule has 0 aliphatic heterocycles. The molecule has 6 heteroatoms. The summed E-state index contributed by atoms with van der Waals surface area (Å²) in [5, 5.41) is 2.69. The Morgan fingerprint density at radius 1 is 1.35 bits per heavy atom. The van der Waals surface area contributed by atoms with Crippen LogP contribution in [0.1, 0.15) is 12.6 Å². The third-order valence-corrected chi connectivity index (χ3v) is 3.37. The zero-order valence-electron chi connectivity index (χ0n) is 12.6. The number of fused-ring (bicyclic) bond motifs is 1. The summed E-state index contributed by atoms with van der Waals surface area (Å²) in [7, 11) is 0. The molecule has 0 unspecified atom stereocenters. The number of nitrogens with zero attached hydrogens (tertiary/aromatic N) is 2. The van der Waals surface area contributed by atoms with Gasteiger partial charge in [0.15, 0.2) is 11.6 Å². The molecule has 0 spiro atoms. The maximum atomic E-state index is 13.8. The highest BCUT2D eigenvalue weighted by Crippen LogP contribution is 2.21. The van der Waals surface area contributed by atoms with Gasteiger partial charge in [-0.25, -0.2) is 9.37 Å². The first-order valence-electron chi connectivity index (χ1n) is 7.30. The third-order valence-electron chi connectivity index (χ3n) is 3.37. The van der Waals surface area contributed by atoms with Crippen LogP contribution in [0.25, 0.3) is 5.65 Å². The molecule has 5 nitrogen and oxygen atoms in total. The number of nitrogens with one attached hydrogen (secondary N) is 1. The summed E-state index contributed by atoms with van der Waals surface area (Å²) in [5.74, 6) is -0.551.